The summed E-state index contributed by atoms with van der Waals surface area (Å²) in [4.78, 5) is 0. The van der Waals surface area contributed by atoms with Gasteiger partial charge in [0, 0.05) is 23.5 Å². The Balaban J connectivity index is 3.07. The highest BCUT2D eigenvalue weighted by molar-refractivity contribution is 6.69. The molecule has 0 spiro atoms. The van der Waals surface area contributed by atoms with Crippen molar-refractivity contribution in [1.82, 2.24) is 0 Å². The molecule has 0 N–H and O–H groups in total. The Morgan fingerprint density at radius 3 is 1.68 bits per heavy atom. The molecule has 0 heterocycles. The van der Waals surface area contributed by atoms with Crippen molar-refractivity contribution in [3.8, 4) is 0 Å². The largest absolute Gasteiger partial charge is 0.533 e. The molecule has 0 atom stereocenters. The molecule has 1 rings (SSSR count). The van der Waals surface area contributed by atoms with Crippen molar-refractivity contribution in [1.29, 1.82) is 0 Å². The van der Waals surface area contributed by atoms with Gasteiger partial charge >= 0.3 is 8.80 Å². The van der Waals surface area contributed by atoms with Crippen LogP contribution < -0.4 is 0 Å². The van der Waals surface area contributed by atoms with Gasteiger partial charge in [0.15, 0.2) is 0 Å². The van der Waals surface area contributed by atoms with Crippen molar-refractivity contribution in [3.63, 3.8) is 0 Å². The normalized spacial score (nSPS) is 16.6. The molecule has 0 amide bonds. The third-order valence-corrected chi connectivity index (χ3v) is 6.13. The van der Waals surface area contributed by atoms with Gasteiger partial charge in [-0.1, -0.05) is 18.2 Å². The van der Waals surface area contributed by atoms with Crippen LogP contribution in [0, 0.1) is 0 Å². The molecule has 1 aliphatic rings. The summed E-state index contributed by atoms with van der Waals surface area (Å²) in [6.07, 6.45) is 8.64. The first-order valence-corrected chi connectivity index (χ1v) is 8.98. The Morgan fingerprint density at radius 2 is 1.37 bits per heavy atom. The number of hydrogen-bond donors (Lipinski definition) is 0. The minimum absolute atomic E-state index is 0.0935. The number of hydrogen-bond acceptors (Lipinski definition) is 3. The summed E-state index contributed by atoms with van der Waals surface area (Å²) < 4.78 is 18.6. The molecular formula is C15H28O3Si. The standard InChI is InChI=1S/C15H28O3Si/c1-12(2)16-19(17-13(3)4,18-14(5)6)15-10-8-7-9-11-15/h7-8,10,12-14H,9,11H2,1-6H3. The minimum atomic E-state index is -2.77. The van der Waals surface area contributed by atoms with E-state index < -0.39 is 8.80 Å². The van der Waals surface area contributed by atoms with Gasteiger partial charge in [-0.2, -0.15) is 0 Å². The highest BCUT2D eigenvalue weighted by atomic mass is 28.4. The maximum absolute atomic E-state index is 6.19. The van der Waals surface area contributed by atoms with Gasteiger partial charge in [0.25, 0.3) is 0 Å². The zero-order valence-electron chi connectivity index (χ0n) is 13.1. The topological polar surface area (TPSA) is 27.7 Å². The van der Waals surface area contributed by atoms with Gasteiger partial charge in [-0.15, -0.1) is 0 Å². The quantitative estimate of drug-likeness (QED) is 0.661. The molecule has 0 saturated heterocycles. The molecule has 110 valence electrons. The van der Waals surface area contributed by atoms with Crippen molar-refractivity contribution >= 4 is 8.80 Å². The maximum Gasteiger partial charge on any atom is 0.533 e. The SMILES string of the molecule is CC(C)O[Si](OC(C)C)(OC(C)C)C1=CC=CCC1. The monoisotopic (exact) mass is 284 g/mol. The van der Waals surface area contributed by atoms with E-state index in [4.69, 9.17) is 13.3 Å². The van der Waals surface area contributed by atoms with Crippen LogP contribution in [-0.2, 0) is 13.3 Å². The second-order valence-electron chi connectivity index (χ2n) is 5.71. The van der Waals surface area contributed by atoms with Crippen LogP contribution >= 0.6 is 0 Å². The molecule has 0 radical (unpaired) electrons. The Kier molecular flexibility index (Phi) is 6.46. The van der Waals surface area contributed by atoms with Crippen LogP contribution in [0.3, 0.4) is 0 Å². The highest BCUT2D eigenvalue weighted by Crippen LogP contribution is 2.30. The molecule has 0 bridgehead atoms. The van der Waals surface area contributed by atoms with E-state index >= 15 is 0 Å². The van der Waals surface area contributed by atoms with Crippen molar-refractivity contribution in [2.45, 2.75) is 72.7 Å². The molecule has 19 heavy (non-hydrogen) atoms. The number of rotatable bonds is 7. The summed E-state index contributed by atoms with van der Waals surface area (Å²) in [5, 5.41) is 1.20. The van der Waals surface area contributed by atoms with Crippen LogP contribution in [0.4, 0.5) is 0 Å². The zero-order valence-corrected chi connectivity index (χ0v) is 14.1. The van der Waals surface area contributed by atoms with E-state index in [2.05, 4.69) is 18.2 Å². The summed E-state index contributed by atoms with van der Waals surface area (Å²) in [5.74, 6) is 0. The average Bonchev–Trinajstić information content (AvgIpc) is 2.27. The first-order chi connectivity index (χ1) is 8.85. The van der Waals surface area contributed by atoms with E-state index in [-0.39, 0.29) is 18.3 Å². The lowest BCUT2D eigenvalue weighted by Crippen LogP contribution is -2.53. The van der Waals surface area contributed by atoms with Crippen molar-refractivity contribution in [3.05, 3.63) is 23.4 Å². The minimum Gasteiger partial charge on any atom is -0.368 e. The molecule has 4 heteroatoms. The zero-order chi connectivity index (χ0) is 14.5. The van der Waals surface area contributed by atoms with Crippen LogP contribution in [0.1, 0.15) is 54.4 Å². The third-order valence-electron chi connectivity index (χ3n) is 2.58. The Hall–Kier alpha value is -0.423. The first kappa shape index (κ1) is 16.6. The van der Waals surface area contributed by atoms with E-state index in [9.17, 15) is 0 Å². The van der Waals surface area contributed by atoms with E-state index in [1.807, 2.05) is 41.5 Å². The first-order valence-electron chi connectivity index (χ1n) is 7.25. The second kappa shape index (κ2) is 7.38. The Labute approximate surface area is 119 Å². The lowest BCUT2D eigenvalue weighted by Gasteiger charge is -2.36. The van der Waals surface area contributed by atoms with Crippen LogP contribution in [0.5, 0.6) is 0 Å². The summed E-state index contributed by atoms with van der Waals surface area (Å²) in [7, 11) is -2.77. The lowest BCUT2D eigenvalue weighted by atomic mass is 10.2. The molecule has 0 fully saturated rings. The molecule has 0 saturated carbocycles. The van der Waals surface area contributed by atoms with Gasteiger partial charge in [0.05, 0.1) is 0 Å². The molecule has 1 aliphatic carbocycles. The van der Waals surface area contributed by atoms with Gasteiger partial charge in [-0.05, 0) is 54.4 Å². The average molecular weight is 284 g/mol. The van der Waals surface area contributed by atoms with Gasteiger partial charge in [0.2, 0.25) is 0 Å². The van der Waals surface area contributed by atoms with Crippen molar-refractivity contribution in [2.75, 3.05) is 0 Å². The van der Waals surface area contributed by atoms with Crippen LogP contribution in [0.15, 0.2) is 23.4 Å². The van der Waals surface area contributed by atoms with Gasteiger partial charge < -0.3 is 13.3 Å². The molecule has 3 nitrogen and oxygen atoms in total. The maximum atomic E-state index is 6.19. The van der Waals surface area contributed by atoms with Crippen molar-refractivity contribution in [2.24, 2.45) is 0 Å². The van der Waals surface area contributed by atoms with Gasteiger partial charge in [-0.25, -0.2) is 0 Å². The second-order valence-corrected chi connectivity index (χ2v) is 8.18. The molecule has 0 aromatic heterocycles. The smallest absolute Gasteiger partial charge is 0.368 e. The summed E-state index contributed by atoms with van der Waals surface area (Å²) in [6, 6.07) is 0. The van der Waals surface area contributed by atoms with Crippen molar-refractivity contribution < 1.29 is 13.3 Å². The predicted molar refractivity (Wildman–Crippen MR) is 80.9 cm³/mol. The molecule has 0 aliphatic heterocycles. The third kappa shape index (κ3) is 5.22. The Morgan fingerprint density at radius 1 is 0.895 bits per heavy atom. The van der Waals surface area contributed by atoms with Crippen LogP contribution in [0.25, 0.3) is 0 Å². The van der Waals surface area contributed by atoms with E-state index in [1.54, 1.807) is 0 Å². The number of allylic oxidation sites excluding steroid dienone is 4. The summed E-state index contributed by atoms with van der Waals surface area (Å²) in [6.45, 7) is 12.2. The fourth-order valence-electron chi connectivity index (χ4n) is 2.10. The molecule has 0 unspecified atom stereocenters. The highest BCUT2D eigenvalue weighted by Gasteiger charge is 2.48. The summed E-state index contributed by atoms with van der Waals surface area (Å²) in [5.41, 5.74) is 0. The van der Waals surface area contributed by atoms with Crippen LogP contribution in [0.2, 0.25) is 0 Å². The van der Waals surface area contributed by atoms with E-state index in [0.717, 1.165) is 12.8 Å². The van der Waals surface area contributed by atoms with E-state index in [1.165, 1.54) is 5.20 Å². The van der Waals surface area contributed by atoms with Gasteiger partial charge in [-0.3, -0.25) is 0 Å². The van der Waals surface area contributed by atoms with Crippen LogP contribution in [-0.4, -0.2) is 27.1 Å². The van der Waals surface area contributed by atoms with Gasteiger partial charge in [0.1, 0.15) is 0 Å². The molecule has 0 aromatic rings. The fourth-order valence-corrected chi connectivity index (χ4v) is 5.33. The Bertz CT molecular complexity index is 306. The predicted octanol–water partition coefficient (Wildman–Crippen LogP) is 4.02. The lowest BCUT2D eigenvalue weighted by molar-refractivity contribution is 0.0103. The molecule has 0 aromatic carbocycles. The molecular weight excluding hydrogens is 256 g/mol. The van der Waals surface area contributed by atoms with E-state index in [0.29, 0.717) is 0 Å². The fraction of sp³-hybridized carbons (Fsp3) is 0.733. The summed E-state index contributed by atoms with van der Waals surface area (Å²) >= 11 is 0.